The zero-order valence-corrected chi connectivity index (χ0v) is 37.4. The van der Waals surface area contributed by atoms with Gasteiger partial charge in [0.2, 0.25) is 0 Å². The smallest absolute Gasteiger partial charge is 0.00261 e. The Bertz CT molecular complexity index is 3990. The third-order valence-corrected chi connectivity index (χ3v) is 14.3. The zero-order chi connectivity index (χ0) is 44.1. The standard InChI is InChI=1S/C66H46/c1-66(2,3)47-34-36-51-50-35-33-45(39-60(50)48-19-7-8-20-49(48)61(51)40-47)65-58-27-15-13-25-56(58)64(57-26-14-16-28-59(57)65)44-32-30-41-29-31-43(37-46(41)38-44)63-54-23-11-9-21-52(54)62(42-17-5-4-6-18-42)53-22-10-12-24-55(53)63/h4-40H,1-3H3. The number of fused-ring (bicyclic) bond motifs is 11. The summed E-state index contributed by atoms with van der Waals surface area (Å²) in [5, 5.41) is 20.4. The highest BCUT2D eigenvalue weighted by Crippen LogP contribution is 2.48. The Morgan fingerprint density at radius 3 is 0.955 bits per heavy atom. The molecule has 66 heavy (non-hydrogen) atoms. The second-order valence-electron chi connectivity index (χ2n) is 19.1. The second kappa shape index (κ2) is 14.7. The lowest BCUT2D eigenvalue weighted by molar-refractivity contribution is 0.591. The van der Waals surface area contributed by atoms with Crippen molar-refractivity contribution in [3.8, 4) is 44.5 Å². The maximum atomic E-state index is 2.46. The molecular weight excluding hydrogens is 793 g/mol. The molecule has 0 spiro atoms. The Kier molecular flexibility index (Phi) is 8.58. The lowest BCUT2D eigenvalue weighted by atomic mass is 9.83. The van der Waals surface area contributed by atoms with Gasteiger partial charge in [-0.2, -0.15) is 0 Å². The fraction of sp³-hybridized carbons (Fsp3) is 0.0606. The molecule has 310 valence electrons. The minimum atomic E-state index is 0.0682. The van der Waals surface area contributed by atoms with Crippen LogP contribution < -0.4 is 0 Å². The monoisotopic (exact) mass is 838 g/mol. The SMILES string of the molecule is CC(C)(C)c1ccc2c3ccc(-c4c5ccccc5c(-c5ccc6ccc(-c7c8ccccc8c(-c8ccccc8)c8ccccc78)cc6c5)c5ccccc45)cc3c3ccccc3c2c1. The van der Waals surface area contributed by atoms with Crippen LogP contribution in [0.4, 0.5) is 0 Å². The maximum absolute atomic E-state index is 2.46. The third-order valence-electron chi connectivity index (χ3n) is 14.3. The van der Waals surface area contributed by atoms with Crippen LogP contribution >= 0.6 is 0 Å². The van der Waals surface area contributed by atoms with Gasteiger partial charge in [0.25, 0.3) is 0 Å². The van der Waals surface area contributed by atoms with Crippen molar-refractivity contribution in [2.24, 2.45) is 0 Å². The van der Waals surface area contributed by atoms with Crippen molar-refractivity contribution in [2.75, 3.05) is 0 Å². The first kappa shape index (κ1) is 38.4. The van der Waals surface area contributed by atoms with E-state index in [1.807, 2.05) is 0 Å². The summed E-state index contributed by atoms with van der Waals surface area (Å²) in [6.07, 6.45) is 0. The molecule has 0 nitrogen and oxygen atoms in total. The van der Waals surface area contributed by atoms with Crippen LogP contribution in [-0.2, 0) is 5.41 Å². The molecular formula is C66H46. The fourth-order valence-electron chi connectivity index (χ4n) is 11.2. The molecule has 0 heterocycles. The summed E-state index contributed by atoms with van der Waals surface area (Å²) in [5.41, 5.74) is 11.5. The van der Waals surface area contributed by atoms with Crippen molar-refractivity contribution in [1.29, 1.82) is 0 Å². The normalized spacial score (nSPS) is 12.2. The van der Waals surface area contributed by atoms with Gasteiger partial charge in [-0.3, -0.25) is 0 Å². The zero-order valence-electron chi connectivity index (χ0n) is 37.4. The van der Waals surface area contributed by atoms with Gasteiger partial charge < -0.3 is 0 Å². The van der Waals surface area contributed by atoms with E-state index in [9.17, 15) is 0 Å². The van der Waals surface area contributed by atoms with E-state index in [1.54, 1.807) is 0 Å². The van der Waals surface area contributed by atoms with Gasteiger partial charge in [0.05, 0.1) is 0 Å². The molecule has 0 saturated heterocycles. The molecule has 0 bridgehead atoms. The van der Waals surface area contributed by atoms with E-state index >= 15 is 0 Å². The molecule has 13 aromatic rings. The van der Waals surface area contributed by atoms with Crippen LogP contribution in [0.25, 0.3) is 131 Å². The van der Waals surface area contributed by atoms with Crippen molar-refractivity contribution >= 4 is 86.2 Å². The van der Waals surface area contributed by atoms with Gasteiger partial charge in [-0.15, -0.1) is 0 Å². The first-order valence-corrected chi connectivity index (χ1v) is 23.2. The fourth-order valence-corrected chi connectivity index (χ4v) is 11.2. The van der Waals surface area contributed by atoms with Crippen LogP contribution in [0.2, 0.25) is 0 Å². The Balaban J connectivity index is 1.01. The first-order chi connectivity index (χ1) is 32.4. The molecule has 0 N–H and O–H groups in total. The summed E-state index contributed by atoms with van der Waals surface area (Å²) in [6.45, 7) is 6.90. The van der Waals surface area contributed by atoms with Gasteiger partial charge in [-0.1, -0.05) is 221 Å². The Labute approximate surface area is 385 Å². The highest BCUT2D eigenvalue weighted by atomic mass is 14.2. The van der Waals surface area contributed by atoms with E-state index in [2.05, 4.69) is 245 Å². The largest absolute Gasteiger partial charge is 0.0622 e. The highest BCUT2D eigenvalue weighted by molar-refractivity contribution is 6.28. The molecule has 0 aliphatic carbocycles. The van der Waals surface area contributed by atoms with Crippen molar-refractivity contribution < 1.29 is 0 Å². The number of rotatable bonds is 4. The minimum absolute atomic E-state index is 0.0682. The summed E-state index contributed by atoms with van der Waals surface area (Å²) in [5.74, 6) is 0. The molecule has 0 unspecified atom stereocenters. The van der Waals surface area contributed by atoms with E-state index in [-0.39, 0.29) is 5.41 Å². The summed E-state index contributed by atoms with van der Waals surface area (Å²) < 4.78 is 0. The van der Waals surface area contributed by atoms with E-state index in [1.165, 1.54) is 136 Å². The molecule has 0 aromatic heterocycles. The van der Waals surface area contributed by atoms with E-state index < -0.39 is 0 Å². The van der Waals surface area contributed by atoms with Gasteiger partial charge in [-0.25, -0.2) is 0 Å². The molecule has 0 fully saturated rings. The number of hydrogen-bond acceptors (Lipinski definition) is 0. The molecule has 0 radical (unpaired) electrons. The Hall–Kier alpha value is -8.06. The highest BCUT2D eigenvalue weighted by Gasteiger charge is 2.21. The summed E-state index contributed by atoms with van der Waals surface area (Å²) in [4.78, 5) is 0. The van der Waals surface area contributed by atoms with E-state index in [4.69, 9.17) is 0 Å². The molecule has 13 rings (SSSR count). The Morgan fingerprint density at radius 1 is 0.212 bits per heavy atom. The van der Waals surface area contributed by atoms with Crippen LogP contribution in [0, 0.1) is 0 Å². The minimum Gasteiger partial charge on any atom is -0.0622 e. The molecule has 0 aliphatic heterocycles. The average molecular weight is 839 g/mol. The summed E-state index contributed by atoms with van der Waals surface area (Å²) >= 11 is 0. The van der Waals surface area contributed by atoms with Crippen LogP contribution in [0.3, 0.4) is 0 Å². The lowest BCUT2D eigenvalue weighted by Gasteiger charge is -2.21. The molecule has 0 heteroatoms. The predicted molar refractivity (Wildman–Crippen MR) is 287 cm³/mol. The van der Waals surface area contributed by atoms with Gasteiger partial charge in [0.15, 0.2) is 0 Å². The van der Waals surface area contributed by atoms with Crippen LogP contribution in [0.15, 0.2) is 224 Å². The van der Waals surface area contributed by atoms with Crippen LogP contribution in [-0.4, -0.2) is 0 Å². The molecule has 0 atom stereocenters. The average Bonchev–Trinajstić information content (AvgIpc) is 3.36. The van der Waals surface area contributed by atoms with Gasteiger partial charge in [0, 0.05) is 0 Å². The van der Waals surface area contributed by atoms with Crippen molar-refractivity contribution in [2.45, 2.75) is 26.2 Å². The first-order valence-electron chi connectivity index (χ1n) is 23.2. The molecule has 0 saturated carbocycles. The van der Waals surface area contributed by atoms with Gasteiger partial charge in [0.1, 0.15) is 0 Å². The summed E-state index contributed by atoms with van der Waals surface area (Å²) in [7, 11) is 0. The molecule has 13 aromatic carbocycles. The summed E-state index contributed by atoms with van der Waals surface area (Å²) in [6, 6.07) is 84.2. The van der Waals surface area contributed by atoms with E-state index in [0.29, 0.717) is 0 Å². The topological polar surface area (TPSA) is 0 Å². The predicted octanol–water partition coefficient (Wildman–Crippen LogP) is 18.9. The number of hydrogen-bond donors (Lipinski definition) is 0. The van der Waals surface area contributed by atoms with Gasteiger partial charge in [-0.05, 0) is 166 Å². The Morgan fingerprint density at radius 2 is 0.530 bits per heavy atom. The molecule has 0 aliphatic rings. The van der Waals surface area contributed by atoms with Crippen molar-refractivity contribution in [1.82, 2.24) is 0 Å². The quantitative estimate of drug-likeness (QED) is 0.122. The maximum Gasteiger partial charge on any atom is -0.00261 e. The van der Waals surface area contributed by atoms with Crippen LogP contribution in [0.5, 0.6) is 0 Å². The molecule has 0 amide bonds. The lowest BCUT2D eigenvalue weighted by Crippen LogP contribution is -2.10. The third kappa shape index (κ3) is 5.92. The van der Waals surface area contributed by atoms with Crippen molar-refractivity contribution in [3.63, 3.8) is 0 Å². The second-order valence-corrected chi connectivity index (χ2v) is 19.1. The van der Waals surface area contributed by atoms with Crippen molar-refractivity contribution in [3.05, 3.63) is 230 Å². The van der Waals surface area contributed by atoms with Crippen LogP contribution in [0.1, 0.15) is 26.3 Å². The van der Waals surface area contributed by atoms with Gasteiger partial charge >= 0.3 is 0 Å². The number of benzene rings is 13. The van der Waals surface area contributed by atoms with E-state index in [0.717, 1.165) is 0 Å².